The number of hydrogen-bond donors (Lipinski definition) is 2. The van der Waals surface area contributed by atoms with Crippen LogP contribution in [0.5, 0.6) is 5.75 Å². The summed E-state index contributed by atoms with van der Waals surface area (Å²) >= 11 is -1.95. The number of methoxy groups -OCH3 is 1. The molecule has 3 aliphatic carbocycles. The Morgan fingerprint density at radius 2 is 2.20 bits per heavy atom. The van der Waals surface area contributed by atoms with E-state index in [1.807, 2.05) is 22.9 Å². The fourth-order valence-corrected chi connectivity index (χ4v) is 4.22. The molecule has 3 fully saturated rings. The number of aromatic nitrogens is 3. The Hall–Kier alpha value is -1.51. The van der Waals surface area contributed by atoms with E-state index in [4.69, 9.17) is 9.29 Å². The van der Waals surface area contributed by atoms with Gasteiger partial charge in [-0.3, -0.25) is 4.55 Å². The van der Waals surface area contributed by atoms with Crippen LogP contribution in [0.4, 0.5) is 0 Å². The van der Waals surface area contributed by atoms with Crippen molar-refractivity contribution in [2.45, 2.75) is 30.3 Å². The SMILES string of the molecule is COc1ccc2c(c1)nnn2C12CC(NS(=O)O)(C1)C2. The molecule has 0 spiro atoms. The molecule has 0 saturated heterocycles. The summed E-state index contributed by atoms with van der Waals surface area (Å²) in [6.07, 6.45) is 2.45. The summed E-state index contributed by atoms with van der Waals surface area (Å²) in [4.78, 5) is 0. The first-order chi connectivity index (χ1) is 9.56. The number of rotatable bonds is 4. The van der Waals surface area contributed by atoms with Crippen LogP contribution in [0.2, 0.25) is 0 Å². The summed E-state index contributed by atoms with van der Waals surface area (Å²) in [6.45, 7) is 0. The molecule has 1 atom stereocenters. The van der Waals surface area contributed by atoms with Crippen molar-refractivity contribution in [1.82, 2.24) is 19.7 Å². The fourth-order valence-electron chi connectivity index (χ4n) is 3.63. The lowest BCUT2D eigenvalue weighted by Gasteiger charge is -2.69. The van der Waals surface area contributed by atoms with E-state index in [9.17, 15) is 4.21 Å². The molecule has 106 valence electrons. The summed E-state index contributed by atoms with van der Waals surface area (Å²) in [5, 5.41) is 8.44. The second-order valence-electron chi connectivity index (χ2n) is 5.74. The second-order valence-corrected chi connectivity index (χ2v) is 6.44. The Bertz CT molecular complexity index is 709. The molecule has 1 aromatic heterocycles. The van der Waals surface area contributed by atoms with Crippen LogP contribution >= 0.6 is 0 Å². The molecule has 1 aromatic carbocycles. The van der Waals surface area contributed by atoms with Crippen molar-refractivity contribution in [3.63, 3.8) is 0 Å². The van der Waals surface area contributed by atoms with Gasteiger partial charge >= 0.3 is 0 Å². The molecule has 2 N–H and O–H groups in total. The van der Waals surface area contributed by atoms with E-state index in [1.54, 1.807) is 7.11 Å². The lowest BCUT2D eigenvalue weighted by Crippen LogP contribution is -2.78. The van der Waals surface area contributed by atoms with Gasteiger partial charge in [-0.1, -0.05) is 5.21 Å². The highest BCUT2D eigenvalue weighted by atomic mass is 32.2. The Balaban J connectivity index is 1.64. The zero-order chi connectivity index (χ0) is 14.0. The quantitative estimate of drug-likeness (QED) is 0.814. The summed E-state index contributed by atoms with van der Waals surface area (Å²) in [6, 6.07) is 5.71. The van der Waals surface area contributed by atoms with E-state index in [0.29, 0.717) is 0 Å². The lowest BCUT2D eigenvalue weighted by molar-refractivity contribution is -0.131. The van der Waals surface area contributed by atoms with E-state index in [1.165, 1.54) is 0 Å². The first-order valence-electron chi connectivity index (χ1n) is 6.35. The van der Waals surface area contributed by atoms with Crippen molar-refractivity contribution in [3.8, 4) is 5.75 Å². The molecule has 3 saturated carbocycles. The van der Waals surface area contributed by atoms with Crippen molar-refractivity contribution >= 4 is 22.3 Å². The maximum Gasteiger partial charge on any atom is 0.232 e. The van der Waals surface area contributed by atoms with Gasteiger partial charge in [-0.15, -0.1) is 5.10 Å². The minimum absolute atomic E-state index is 0.0459. The molecule has 0 radical (unpaired) electrons. The van der Waals surface area contributed by atoms with Crippen LogP contribution in [0.3, 0.4) is 0 Å². The Kier molecular flexibility index (Phi) is 2.31. The fraction of sp³-hybridized carbons (Fsp3) is 0.500. The number of benzene rings is 1. The smallest absolute Gasteiger partial charge is 0.232 e. The third-order valence-corrected chi connectivity index (χ3v) is 5.02. The maximum atomic E-state index is 10.9. The van der Waals surface area contributed by atoms with Gasteiger partial charge in [0.2, 0.25) is 11.3 Å². The normalized spacial score (nSPS) is 32.5. The van der Waals surface area contributed by atoms with E-state index < -0.39 is 11.3 Å². The summed E-state index contributed by atoms with van der Waals surface area (Å²) in [7, 11) is 1.62. The van der Waals surface area contributed by atoms with Gasteiger partial charge in [-0.25, -0.2) is 13.6 Å². The highest BCUT2D eigenvalue weighted by Crippen LogP contribution is 2.65. The monoisotopic (exact) mass is 294 g/mol. The Labute approximate surface area is 117 Å². The largest absolute Gasteiger partial charge is 0.497 e. The van der Waals surface area contributed by atoms with E-state index >= 15 is 0 Å². The van der Waals surface area contributed by atoms with Crippen LogP contribution in [0.15, 0.2) is 18.2 Å². The minimum Gasteiger partial charge on any atom is -0.497 e. The number of hydrogen-bond acceptors (Lipinski definition) is 4. The van der Waals surface area contributed by atoms with Crippen LogP contribution in [0.1, 0.15) is 19.3 Å². The predicted molar refractivity (Wildman–Crippen MR) is 72.5 cm³/mol. The maximum absolute atomic E-state index is 10.9. The molecule has 5 rings (SSSR count). The van der Waals surface area contributed by atoms with E-state index in [0.717, 1.165) is 36.0 Å². The van der Waals surface area contributed by atoms with Crippen molar-refractivity contribution in [1.29, 1.82) is 0 Å². The van der Waals surface area contributed by atoms with E-state index in [-0.39, 0.29) is 11.1 Å². The standard InChI is InChI=1S/C12H14N4O3S/c1-19-8-2-3-10-9(4-8)13-15-16(10)12-5-11(6-12,7-12)14-20(17)18/h2-4,14H,5-7H2,1H3,(H,17,18). The molecule has 20 heavy (non-hydrogen) atoms. The first kappa shape index (κ1) is 12.2. The van der Waals surface area contributed by atoms with Crippen LogP contribution in [0.25, 0.3) is 11.0 Å². The Morgan fingerprint density at radius 3 is 2.85 bits per heavy atom. The molecular weight excluding hydrogens is 280 g/mol. The van der Waals surface area contributed by atoms with Gasteiger partial charge in [0.1, 0.15) is 11.3 Å². The van der Waals surface area contributed by atoms with Crippen LogP contribution in [-0.4, -0.2) is 36.4 Å². The van der Waals surface area contributed by atoms with Gasteiger partial charge in [0, 0.05) is 11.6 Å². The van der Waals surface area contributed by atoms with Gasteiger partial charge in [0.25, 0.3) is 0 Å². The van der Waals surface area contributed by atoms with Gasteiger partial charge < -0.3 is 4.74 Å². The van der Waals surface area contributed by atoms with Crippen LogP contribution in [0, 0.1) is 0 Å². The van der Waals surface area contributed by atoms with Crippen molar-refractivity contribution < 1.29 is 13.5 Å². The van der Waals surface area contributed by atoms with Crippen molar-refractivity contribution in [3.05, 3.63) is 18.2 Å². The molecule has 2 bridgehead atoms. The zero-order valence-corrected chi connectivity index (χ0v) is 11.7. The third kappa shape index (κ3) is 1.49. The number of nitrogens with one attached hydrogen (secondary N) is 1. The molecule has 2 aromatic rings. The summed E-state index contributed by atoms with van der Waals surface area (Å²) < 4.78 is 29.6. The molecule has 3 aliphatic rings. The highest BCUT2D eigenvalue weighted by molar-refractivity contribution is 7.77. The van der Waals surface area contributed by atoms with Crippen molar-refractivity contribution in [2.75, 3.05) is 7.11 Å². The first-order valence-corrected chi connectivity index (χ1v) is 7.45. The van der Waals surface area contributed by atoms with Gasteiger partial charge in [-0.05, 0) is 31.4 Å². The van der Waals surface area contributed by atoms with E-state index in [2.05, 4.69) is 15.0 Å². The average molecular weight is 294 g/mol. The van der Waals surface area contributed by atoms with Gasteiger partial charge in [0.15, 0.2) is 0 Å². The molecular formula is C12H14N4O3S. The number of ether oxygens (including phenoxy) is 1. The zero-order valence-electron chi connectivity index (χ0n) is 10.9. The molecule has 0 amide bonds. The topological polar surface area (TPSA) is 89.3 Å². The van der Waals surface area contributed by atoms with Gasteiger partial charge in [0.05, 0.1) is 18.2 Å². The molecule has 0 aliphatic heterocycles. The lowest BCUT2D eigenvalue weighted by atomic mass is 9.44. The molecule has 8 heteroatoms. The van der Waals surface area contributed by atoms with Crippen molar-refractivity contribution in [2.24, 2.45) is 0 Å². The van der Waals surface area contributed by atoms with Gasteiger partial charge in [-0.2, -0.15) is 0 Å². The Morgan fingerprint density at radius 1 is 1.45 bits per heavy atom. The predicted octanol–water partition coefficient (Wildman–Crippen LogP) is 0.798. The summed E-state index contributed by atoms with van der Waals surface area (Å²) in [5.74, 6) is 0.760. The second kappa shape index (κ2) is 3.78. The molecule has 7 nitrogen and oxygen atoms in total. The molecule has 1 heterocycles. The highest BCUT2D eigenvalue weighted by Gasteiger charge is 2.70. The average Bonchev–Trinajstić information content (AvgIpc) is 2.74. The van der Waals surface area contributed by atoms with Crippen LogP contribution in [-0.2, 0) is 16.8 Å². The number of fused-ring (bicyclic) bond motifs is 1. The third-order valence-electron chi connectivity index (χ3n) is 4.41. The molecule has 1 unspecified atom stereocenters. The minimum atomic E-state index is -1.95. The van der Waals surface area contributed by atoms with Crippen LogP contribution < -0.4 is 9.46 Å². The number of nitrogens with zero attached hydrogens (tertiary/aromatic N) is 3. The summed E-state index contributed by atoms with van der Waals surface area (Å²) in [5.41, 5.74) is 1.55.